The minimum absolute atomic E-state index is 0.0148. The number of hydrogen-bond donors (Lipinski definition) is 0. The first-order chi connectivity index (χ1) is 16.0. The number of allylic oxidation sites excluding steroid dienone is 2. The number of fused-ring (bicyclic) bond motifs is 4. The summed E-state index contributed by atoms with van der Waals surface area (Å²) in [6.07, 6.45) is 29.3. The Kier molecular flexibility index (Phi) is 9.02. The van der Waals surface area contributed by atoms with Gasteiger partial charge < -0.3 is 0 Å². The molecule has 0 N–H and O–H groups in total. The second-order valence-corrected chi connectivity index (χ2v) is 14.7. The van der Waals surface area contributed by atoms with Crippen molar-refractivity contribution in [2.45, 2.75) is 147 Å². The summed E-state index contributed by atoms with van der Waals surface area (Å²) in [5.74, 6) is 2.14. The van der Waals surface area contributed by atoms with Gasteiger partial charge in [0.1, 0.15) is 5.78 Å². The summed E-state index contributed by atoms with van der Waals surface area (Å²) in [6.45, 7) is 7.20. The van der Waals surface area contributed by atoms with Crippen molar-refractivity contribution in [1.29, 1.82) is 0 Å². The molecule has 0 aromatic carbocycles. The normalized spacial score (nSPS) is 36.7. The van der Waals surface area contributed by atoms with Crippen LogP contribution in [0.4, 0.5) is 0 Å². The summed E-state index contributed by atoms with van der Waals surface area (Å²) in [5, 5.41) is 4.14. The van der Waals surface area contributed by atoms with Crippen LogP contribution in [-0.2, 0) is 4.79 Å². The predicted molar refractivity (Wildman–Crippen MR) is 147 cm³/mol. The van der Waals surface area contributed by atoms with Gasteiger partial charge in [0, 0.05) is 22.3 Å². The number of Topliss-reactive ketones (excluding diaryl/α,β-unsaturated/α-hetero) is 1. The van der Waals surface area contributed by atoms with Crippen LogP contribution in [0.3, 0.4) is 0 Å². The molecule has 6 atom stereocenters. The van der Waals surface area contributed by atoms with Gasteiger partial charge in [0.05, 0.1) is 0 Å². The van der Waals surface area contributed by atoms with Crippen molar-refractivity contribution in [2.24, 2.45) is 22.7 Å². The summed E-state index contributed by atoms with van der Waals surface area (Å²) in [6, 6.07) is 0. The largest absolute Gasteiger partial charge is 0.299 e. The van der Waals surface area contributed by atoms with Crippen LogP contribution in [0.15, 0.2) is 12.2 Å². The quantitative estimate of drug-likeness (QED) is 0.140. The van der Waals surface area contributed by atoms with Crippen LogP contribution >= 0.6 is 10.5 Å². The SMILES string of the molecule is CCCCCCCCCCCCC/C=C/C=S1/[C@H]2CC[C@H](C2)[C@H]1[C@]12CC[C@H](CC1=O)C2(C)C. The molecular formula is C31H52OS. The molecule has 0 amide bonds. The third kappa shape index (κ3) is 5.12. The maximum Gasteiger partial charge on any atom is 0.140 e. The summed E-state index contributed by atoms with van der Waals surface area (Å²) in [7, 11) is 0.328. The number of ketones is 1. The highest BCUT2D eigenvalue weighted by Gasteiger charge is 2.70. The van der Waals surface area contributed by atoms with Crippen LogP contribution in [0.5, 0.6) is 0 Å². The molecular weight excluding hydrogens is 420 g/mol. The highest BCUT2D eigenvalue weighted by molar-refractivity contribution is 8.16. The zero-order valence-electron chi connectivity index (χ0n) is 22.1. The molecule has 4 aliphatic rings. The van der Waals surface area contributed by atoms with Crippen molar-refractivity contribution in [2.75, 3.05) is 0 Å². The first-order valence-corrected chi connectivity index (χ1v) is 16.2. The van der Waals surface area contributed by atoms with Gasteiger partial charge in [-0.15, -0.1) is 0 Å². The third-order valence-electron chi connectivity index (χ3n) is 10.4. The first-order valence-electron chi connectivity index (χ1n) is 14.8. The Morgan fingerprint density at radius 1 is 0.909 bits per heavy atom. The van der Waals surface area contributed by atoms with Crippen molar-refractivity contribution in [1.82, 2.24) is 0 Å². The third-order valence-corrected chi connectivity index (χ3v) is 13.4. The Bertz CT molecular complexity index is 718. The molecule has 2 heteroatoms. The van der Waals surface area contributed by atoms with Gasteiger partial charge in [0.2, 0.25) is 0 Å². The van der Waals surface area contributed by atoms with E-state index in [1.165, 1.54) is 109 Å². The average molecular weight is 473 g/mol. The molecule has 3 saturated carbocycles. The Labute approximate surface area is 207 Å². The molecule has 4 bridgehead atoms. The van der Waals surface area contributed by atoms with Crippen molar-refractivity contribution >= 4 is 21.6 Å². The predicted octanol–water partition coefficient (Wildman–Crippen LogP) is 9.26. The fourth-order valence-corrected chi connectivity index (χ4v) is 12.0. The smallest absolute Gasteiger partial charge is 0.140 e. The molecule has 1 unspecified atom stereocenters. The van der Waals surface area contributed by atoms with Crippen LogP contribution in [-0.4, -0.2) is 21.7 Å². The molecule has 0 radical (unpaired) electrons. The molecule has 0 aromatic heterocycles. The fraction of sp³-hybridized carbons (Fsp3) is 0.871. The van der Waals surface area contributed by atoms with Gasteiger partial charge in [-0.3, -0.25) is 4.79 Å². The minimum Gasteiger partial charge on any atom is -0.299 e. The number of unbranched alkanes of at least 4 members (excludes halogenated alkanes) is 11. The zero-order valence-corrected chi connectivity index (χ0v) is 22.9. The second kappa shape index (κ2) is 11.6. The van der Waals surface area contributed by atoms with E-state index >= 15 is 0 Å². The Morgan fingerprint density at radius 3 is 2.18 bits per heavy atom. The van der Waals surface area contributed by atoms with E-state index in [1.54, 1.807) is 0 Å². The molecule has 4 rings (SSSR count). The van der Waals surface area contributed by atoms with Crippen LogP contribution in [0.2, 0.25) is 0 Å². The van der Waals surface area contributed by atoms with Gasteiger partial charge in [0.15, 0.2) is 0 Å². The lowest BCUT2D eigenvalue weighted by Gasteiger charge is -2.46. The molecule has 1 saturated heterocycles. The Hall–Kier alpha value is -0.370. The first kappa shape index (κ1) is 25.7. The lowest BCUT2D eigenvalue weighted by atomic mass is 9.64. The Balaban J connectivity index is 1.20. The van der Waals surface area contributed by atoms with E-state index in [0.29, 0.717) is 27.4 Å². The standard InChI is InChI=1S/C31H52OS/c1-4-5-6-7-8-9-10-11-12-13-14-15-16-17-22-33-27-19-18-25(23-27)29(33)31-21-20-26(24-28(31)32)30(31,2)3/h16-17,22,25-27,29H,4-15,18-21,23-24H2,1-3H3/b17-16+/t25-,26-,27+,29+,31+,33?/m1/s1. The lowest BCUT2D eigenvalue weighted by molar-refractivity contribution is -0.130. The monoisotopic (exact) mass is 472 g/mol. The van der Waals surface area contributed by atoms with Gasteiger partial charge in [-0.2, -0.15) is 10.5 Å². The van der Waals surface area contributed by atoms with E-state index in [2.05, 4.69) is 38.3 Å². The van der Waals surface area contributed by atoms with Gasteiger partial charge in [-0.25, -0.2) is 0 Å². The number of carbonyl (C=O) groups excluding carboxylic acids is 1. The number of hydrogen-bond acceptors (Lipinski definition) is 1. The van der Waals surface area contributed by atoms with E-state index in [0.717, 1.165) is 17.6 Å². The van der Waals surface area contributed by atoms with E-state index in [4.69, 9.17) is 0 Å². The second-order valence-electron chi connectivity index (χ2n) is 12.5. The maximum atomic E-state index is 13.4. The topological polar surface area (TPSA) is 17.1 Å². The lowest BCUT2D eigenvalue weighted by Crippen LogP contribution is -2.47. The molecule has 1 nitrogen and oxygen atoms in total. The van der Waals surface area contributed by atoms with E-state index in [1.807, 2.05) is 0 Å². The van der Waals surface area contributed by atoms with Crippen molar-refractivity contribution < 1.29 is 4.79 Å². The molecule has 0 aromatic rings. The van der Waals surface area contributed by atoms with E-state index in [-0.39, 0.29) is 10.8 Å². The molecule has 33 heavy (non-hydrogen) atoms. The highest BCUT2D eigenvalue weighted by atomic mass is 32.2. The van der Waals surface area contributed by atoms with Gasteiger partial charge in [0.25, 0.3) is 0 Å². The molecule has 4 fully saturated rings. The van der Waals surface area contributed by atoms with Gasteiger partial charge in [-0.05, 0) is 67.6 Å². The average Bonchev–Trinajstić information content (AvgIpc) is 3.51. The zero-order chi connectivity index (χ0) is 23.3. The summed E-state index contributed by atoms with van der Waals surface area (Å²) in [5.41, 5.74) is 0.249. The summed E-state index contributed by atoms with van der Waals surface area (Å²) < 4.78 is 0. The molecule has 0 spiro atoms. The maximum absolute atomic E-state index is 13.4. The number of rotatable bonds is 14. The number of carbonyl (C=O) groups is 1. The van der Waals surface area contributed by atoms with Crippen molar-refractivity contribution in [3.05, 3.63) is 12.2 Å². The van der Waals surface area contributed by atoms with Crippen molar-refractivity contribution in [3.8, 4) is 0 Å². The molecule has 1 heterocycles. The summed E-state index contributed by atoms with van der Waals surface area (Å²) in [4.78, 5) is 13.4. The summed E-state index contributed by atoms with van der Waals surface area (Å²) >= 11 is 0. The van der Waals surface area contributed by atoms with Crippen LogP contribution in [0, 0.1) is 22.7 Å². The molecule has 1 aliphatic heterocycles. The Morgan fingerprint density at radius 2 is 1.58 bits per heavy atom. The van der Waals surface area contributed by atoms with Crippen LogP contribution < -0.4 is 0 Å². The molecule has 188 valence electrons. The highest BCUT2D eigenvalue weighted by Crippen LogP contribution is 2.72. The van der Waals surface area contributed by atoms with E-state index in [9.17, 15) is 4.79 Å². The minimum atomic E-state index is 0.0148. The van der Waals surface area contributed by atoms with Crippen molar-refractivity contribution in [3.63, 3.8) is 0 Å². The van der Waals surface area contributed by atoms with Gasteiger partial charge in [-0.1, -0.05) is 97.1 Å². The van der Waals surface area contributed by atoms with Gasteiger partial charge >= 0.3 is 0 Å². The van der Waals surface area contributed by atoms with Crippen LogP contribution in [0.25, 0.3) is 0 Å². The van der Waals surface area contributed by atoms with E-state index < -0.39 is 0 Å². The fourth-order valence-electron chi connectivity index (χ4n) is 8.30. The molecule has 3 aliphatic carbocycles. The van der Waals surface area contributed by atoms with Crippen LogP contribution in [0.1, 0.15) is 136 Å².